The summed E-state index contributed by atoms with van der Waals surface area (Å²) in [6.45, 7) is 0. The van der Waals surface area contributed by atoms with E-state index in [4.69, 9.17) is 28.9 Å². The van der Waals surface area contributed by atoms with Gasteiger partial charge in [-0.1, -0.05) is 23.2 Å². The van der Waals surface area contributed by atoms with E-state index in [2.05, 4.69) is 0 Å². The van der Waals surface area contributed by atoms with Crippen LogP contribution < -0.4 is 5.73 Å². The second-order valence-electron chi connectivity index (χ2n) is 3.43. The summed E-state index contributed by atoms with van der Waals surface area (Å²) in [6.07, 6.45) is 0. The fourth-order valence-corrected chi connectivity index (χ4v) is 2.03. The number of aromatic hydroxyl groups is 1. The van der Waals surface area contributed by atoms with E-state index < -0.39 is 0 Å². The Morgan fingerprint density at radius 2 is 1.56 bits per heavy atom. The van der Waals surface area contributed by atoms with Crippen molar-refractivity contribution in [2.24, 2.45) is 0 Å². The summed E-state index contributed by atoms with van der Waals surface area (Å²) in [5, 5.41) is 10.8. The Labute approximate surface area is 103 Å². The lowest BCUT2D eigenvalue weighted by molar-refractivity contribution is 0.477. The van der Waals surface area contributed by atoms with Gasteiger partial charge in [-0.05, 0) is 35.9 Å². The zero-order valence-corrected chi connectivity index (χ0v) is 9.76. The molecule has 0 radical (unpaired) electrons. The van der Waals surface area contributed by atoms with E-state index >= 15 is 0 Å². The molecule has 0 amide bonds. The highest BCUT2D eigenvalue weighted by molar-refractivity contribution is 6.35. The first-order valence-electron chi connectivity index (χ1n) is 4.61. The highest BCUT2D eigenvalue weighted by Crippen LogP contribution is 2.33. The van der Waals surface area contributed by atoms with Crippen LogP contribution in [0.3, 0.4) is 0 Å². The van der Waals surface area contributed by atoms with Gasteiger partial charge in [0.15, 0.2) is 0 Å². The summed E-state index contributed by atoms with van der Waals surface area (Å²) >= 11 is 11.8. The average molecular weight is 254 g/mol. The van der Waals surface area contributed by atoms with Crippen LogP contribution in [0, 0.1) is 0 Å². The van der Waals surface area contributed by atoms with E-state index in [0.29, 0.717) is 21.3 Å². The molecule has 2 nitrogen and oxygen atoms in total. The van der Waals surface area contributed by atoms with Crippen molar-refractivity contribution in [3.63, 3.8) is 0 Å². The van der Waals surface area contributed by atoms with Crippen molar-refractivity contribution >= 4 is 28.9 Å². The molecule has 2 aromatic carbocycles. The lowest BCUT2D eigenvalue weighted by atomic mass is 10.0. The van der Waals surface area contributed by atoms with Crippen molar-refractivity contribution in [2.75, 3.05) is 5.73 Å². The lowest BCUT2D eigenvalue weighted by Gasteiger charge is -2.06. The number of benzene rings is 2. The second kappa shape index (κ2) is 4.24. The number of halogens is 2. The molecule has 0 bridgehead atoms. The van der Waals surface area contributed by atoms with Crippen LogP contribution in [-0.2, 0) is 0 Å². The number of anilines is 1. The van der Waals surface area contributed by atoms with Gasteiger partial charge >= 0.3 is 0 Å². The predicted molar refractivity (Wildman–Crippen MR) is 68.0 cm³/mol. The molecule has 0 heterocycles. The molecule has 2 aromatic rings. The van der Waals surface area contributed by atoms with Crippen LogP contribution in [0.1, 0.15) is 0 Å². The Bertz CT molecular complexity index is 520. The van der Waals surface area contributed by atoms with Gasteiger partial charge < -0.3 is 10.8 Å². The smallest absolute Gasteiger partial charge is 0.125 e. The average Bonchev–Trinajstić information content (AvgIpc) is 2.15. The van der Waals surface area contributed by atoms with Gasteiger partial charge in [-0.3, -0.25) is 0 Å². The molecular weight excluding hydrogens is 245 g/mol. The molecule has 0 atom stereocenters. The zero-order valence-electron chi connectivity index (χ0n) is 8.24. The molecule has 0 fully saturated rings. The van der Waals surface area contributed by atoms with Crippen LogP contribution in [0.15, 0.2) is 36.4 Å². The Balaban J connectivity index is 2.58. The minimum atomic E-state index is 0.110. The molecule has 0 aromatic heterocycles. The molecule has 0 spiro atoms. The van der Waals surface area contributed by atoms with Crippen molar-refractivity contribution in [3.8, 4) is 16.9 Å². The van der Waals surface area contributed by atoms with Crippen molar-refractivity contribution in [2.45, 2.75) is 0 Å². The van der Waals surface area contributed by atoms with Crippen LogP contribution >= 0.6 is 23.2 Å². The molecular formula is C12H9Cl2NO. The van der Waals surface area contributed by atoms with Gasteiger partial charge in [0.05, 0.1) is 0 Å². The minimum absolute atomic E-state index is 0.110. The number of rotatable bonds is 1. The largest absolute Gasteiger partial charge is 0.507 e. The van der Waals surface area contributed by atoms with Crippen molar-refractivity contribution in [1.29, 1.82) is 0 Å². The van der Waals surface area contributed by atoms with Crippen molar-refractivity contribution in [3.05, 3.63) is 46.4 Å². The van der Waals surface area contributed by atoms with Gasteiger partial charge in [-0.2, -0.15) is 0 Å². The van der Waals surface area contributed by atoms with Crippen LogP contribution in [0.5, 0.6) is 5.75 Å². The number of phenolic OH excluding ortho intramolecular Hbond substituents is 1. The second-order valence-corrected chi connectivity index (χ2v) is 4.31. The molecule has 2 rings (SSSR count). The highest BCUT2D eigenvalue weighted by Gasteiger charge is 2.06. The van der Waals surface area contributed by atoms with Crippen molar-refractivity contribution < 1.29 is 5.11 Å². The summed E-state index contributed by atoms with van der Waals surface area (Å²) in [5.41, 5.74) is 7.47. The minimum Gasteiger partial charge on any atom is -0.507 e. The summed E-state index contributed by atoms with van der Waals surface area (Å²) < 4.78 is 0. The first-order valence-corrected chi connectivity index (χ1v) is 5.37. The van der Waals surface area contributed by atoms with E-state index in [1.54, 1.807) is 30.3 Å². The standard InChI is InChI=1S/C12H9Cl2NO/c13-8-3-7(4-9(14)5-8)11-2-1-10(15)6-12(11)16/h1-6,16H,15H2. The number of nitrogen functional groups attached to an aromatic ring is 1. The number of phenols is 1. The van der Waals surface area contributed by atoms with Gasteiger partial charge in [0.2, 0.25) is 0 Å². The maximum absolute atomic E-state index is 9.76. The molecule has 0 aliphatic carbocycles. The van der Waals surface area contributed by atoms with Crippen LogP contribution in [0.2, 0.25) is 10.0 Å². The first-order chi connectivity index (χ1) is 7.56. The number of hydrogen-bond acceptors (Lipinski definition) is 2. The SMILES string of the molecule is Nc1ccc(-c2cc(Cl)cc(Cl)c2)c(O)c1. The maximum atomic E-state index is 9.76. The normalized spacial score (nSPS) is 10.4. The number of hydrogen-bond donors (Lipinski definition) is 2. The molecule has 0 aliphatic heterocycles. The quantitative estimate of drug-likeness (QED) is 0.757. The predicted octanol–water partition coefficient (Wildman–Crippen LogP) is 3.95. The summed E-state index contributed by atoms with van der Waals surface area (Å²) in [7, 11) is 0. The molecule has 0 saturated heterocycles. The Morgan fingerprint density at radius 1 is 0.938 bits per heavy atom. The fourth-order valence-electron chi connectivity index (χ4n) is 1.50. The Morgan fingerprint density at radius 3 is 2.12 bits per heavy atom. The number of nitrogens with two attached hydrogens (primary N) is 1. The maximum Gasteiger partial charge on any atom is 0.125 e. The molecule has 3 N–H and O–H groups in total. The third kappa shape index (κ3) is 2.23. The highest BCUT2D eigenvalue weighted by atomic mass is 35.5. The summed E-state index contributed by atoms with van der Waals surface area (Å²) in [4.78, 5) is 0. The van der Waals surface area contributed by atoms with Gasteiger partial charge in [-0.15, -0.1) is 0 Å². The van der Waals surface area contributed by atoms with Gasteiger partial charge in [-0.25, -0.2) is 0 Å². The van der Waals surface area contributed by atoms with Gasteiger partial charge in [0.25, 0.3) is 0 Å². The van der Waals surface area contributed by atoms with Gasteiger partial charge in [0.1, 0.15) is 5.75 Å². The third-order valence-corrected chi connectivity index (χ3v) is 2.63. The fraction of sp³-hybridized carbons (Fsp3) is 0. The Hall–Kier alpha value is -1.38. The molecule has 0 aliphatic rings. The molecule has 0 unspecified atom stereocenters. The van der Waals surface area contributed by atoms with E-state index in [1.807, 2.05) is 0 Å². The van der Waals surface area contributed by atoms with E-state index in [-0.39, 0.29) is 5.75 Å². The van der Waals surface area contributed by atoms with Crippen LogP contribution in [0.4, 0.5) is 5.69 Å². The molecule has 0 saturated carbocycles. The topological polar surface area (TPSA) is 46.2 Å². The third-order valence-electron chi connectivity index (χ3n) is 2.20. The summed E-state index contributed by atoms with van der Waals surface area (Å²) in [6, 6.07) is 10.0. The van der Waals surface area contributed by atoms with E-state index in [1.165, 1.54) is 6.07 Å². The summed E-state index contributed by atoms with van der Waals surface area (Å²) in [5.74, 6) is 0.110. The zero-order chi connectivity index (χ0) is 11.7. The lowest BCUT2D eigenvalue weighted by Crippen LogP contribution is -1.85. The van der Waals surface area contributed by atoms with Crippen LogP contribution in [-0.4, -0.2) is 5.11 Å². The van der Waals surface area contributed by atoms with Crippen molar-refractivity contribution in [1.82, 2.24) is 0 Å². The molecule has 16 heavy (non-hydrogen) atoms. The Kier molecular flexibility index (Phi) is 2.95. The monoisotopic (exact) mass is 253 g/mol. The van der Waals surface area contributed by atoms with E-state index in [9.17, 15) is 5.11 Å². The first kappa shape index (κ1) is 11.1. The van der Waals surface area contributed by atoms with E-state index in [0.717, 1.165) is 5.56 Å². The van der Waals surface area contributed by atoms with Crippen LogP contribution in [0.25, 0.3) is 11.1 Å². The molecule has 4 heteroatoms. The van der Waals surface area contributed by atoms with Gasteiger partial charge in [0, 0.05) is 27.4 Å². The molecule has 82 valence electrons.